The van der Waals surface area contributed by atoms with E-state index in [0.29, 0.717) is 5.56 Å². The molecule has 5 nitrogen and oxygen atoms in total. The van der Waals surface area contributed by atoms with Gasteiger partial charge in [0.05, 0.1) is 18.4 Å². The van der Waals surface area contributed by atoms with Gasteiger partial charge in [0.1, 0.15) is 0 Å². The van der Waals surface area contributed by atoms with E-state index >= 15 is 0 Å². The van der Waals surface area contributed by atoms with Crippen molar-refractivity contribution in [1.29, 1.82) is 0 Å². The number of nitrogens with zero attached hydrogens (tertiary/aromatic N) is 1. The average molecular weight is 319 g/mol. The van der Waals surface area contributed by atoms with Gasteiger partial charge in [-0.25, -0.2) is 9.78 Å². The predicted molar refractivity (Wildman–Crippen MR) is 90.0 cm³/mol. The van der Waals surface area contributed by atoms with Crippen LogP contribution >= 0.6 is 11.3 Å². The van der Waals surface area contributed by atoms with E-state index in [-0.39, 0.29) is 5.97 Å². The lowest BCUT2D eigenvalue weighted by molar-refractivity contribution is 0.0601. The zero-order chi connectivity index (χ0) is 15.8. The Morgan fingerprint density at radius 3 is 2.73 bits per heavy atom. The van der Waals surface area contributed by atoms with E-state index in [1.807, 2.05) is 12.1 Å². The lowest BCUT2D eigenvalue weighted by atomic mass is 10.2. The number of esters is 1. The highest BCUT2D eigenvalue weighted by atomic mass is 32.1. The Labute approximate surface area is 134 Å². The smallest absolute Gasteiger partial charge is 0.337 e. The molecule has 0 atom stereocenters. The van der Waals surface area contributed by atoms with E-state index < -0.39 is 0 Å². The van der Waals surface area contributed by atoms with Crippen molar-refractivity contribution in [2.45, 2.75) is 19.8 Å². The first-order valence-corrected chi connectivity index (χ1v) is 8.21. The molecule has 0 saturated heterocycles. The molecule has 1 heterocycles. The zero-order valence-corrected chi connectivity index (χ0v) is 13.7. The van der Waals surface area contributed by atoms with Crippen LogP contribution in [0.5, 0.6) is 0 Å². The van der Waals surface area contributed by atoms with Gasteiger partial charge < -0.3 is 15.4 Å². The first-order chi connectivity index (χ1) is 10.7. The van der Waals surface area contributed by atoms with Crippen LogP contribution in [0.1, 0.15) is 29.4 Å². The highest BCUT2D eigenvalue weighted by Crippen LogP contribution is 2.21. The Morgan fingerprint density at radius 2 is 2.05 bits per heavy atom. The summed E-state index contributed by atoms with van der Waals surface area (Å²) in [7, 11) is 1.38. The lowest BCUT2D eigenvalue weighted by Crippen LogP contribution is -2.17. The van der Waals surface area contributed by atoms with Crippen molar-refractivity contribution in [3.63, 3.8) is 0 Å². The minimum absolute atomic E-state index is 0.331. The monoisotopic (exact) mass is 319 g/mol. The van der Waals surface area contributed by atoms with Crippen molar-refractivity contribution in [1.82, 2.24) is 10.3 Å². The van der Waals surface area contributed by atoms with Crippen molar-refractivity contribution in [2.24, 2.45) is 0 Å². The molecule has 1 aromatic heterocycles. The van der Waals surface area contributed by atoms with E-state index in [2.05, 4.69) is 32.7 Å². The third kappa shape index (κ3) is 4.82. The van der Waals surface area contributed by atoms with E-state index in [1.54, 1.807) is 23.5 Å². The summed E-state index contributed by atoms with van der Waals surface area (Å²) in [4.78, 5) is 15.9. The van der Waals surface area contributed by atoms with Crippen LogP contribution in [0.15, 0.2) is 29.6 Å². The Morgan fingerprint density at radius 1 is 1.27 bits per heavy atom. The molecule has 2 aromatic rings. The van der Waals surface area contributed by atoms with Crippen LogP contribution in [0, 0.1) is 0 Å². The molecule has 0 amide bonds. The maximum absolute atomic E-state index is 11.4. The third-order valence-electron chi connectivity index (χ3n) is 3.09. The molecule has 118 valence electrons. The van der Waals surface area contributed by atoms with E-state index in [0.717, 1.165) is 42.4 Å². The van der Waals surface area contributed by atoms with Crippen LogP contribution in [0.25, 0.3) is 0 Å². The van der Waals surface area contributed by atoms with Crippen molar-refractivity contribution >= 4 is 28.1 Å². The van der Waals surface area contributed by atoms with Crippen molar-refractivity contribution in [3.05, 3.63) is 40.9 Å². The molecule has 0 aliphatic rings. The summed E-state index contributed by atoms with van der Waals surface area (Å²) in [5.74, 6) is -0.331. The van der Waals surface area contributed by atoms with Crippen molar-refractivity contribution < 1.29 is 9.53 Å². The fourth-order valence-corrected chi connectivity index (χ4v) is 2.69. The second kappa shape index (κ2) is 8.51. The first-order valence-electron chi connectivity index (χ1n) is 7.33. The number of thiazole rings is 1. The number of nitrogens with one attached hydrogen (secondary N) is 2. The number of anilines is 2. The fraction of sp³-hybridized carbons (Fsp3) is 0.375. The van der Waals surface area contributed by atoms with E-state index in [9.17, 15) is 4.79 Å². The molecule has 0 aliphatic carbocycles. The van der Waals surface area contributed by atoms with Gasteiger partial charge in [-0.2, -0.15) is 0 Å². The number of hydrogen-bond donors (Lipinski definition) is 2. The average Bonchev–Trinajstić information content (AvgIpc) is 2.99. The van der Waals surface area contributed by atoms with Crippen LogP contribution in [0.2, 0.25) is 0 Å². The van der Waals surface area contributed by atoms with Gasteiger partial charge >= 0.3 is 5.97 Å². The van der Waals surface area contributed by atoms with E-state index in [4.69, 9.17) is 0 Å². The van der Waals surface area contributed by atoms with Crippen molar-refractivity contribution in [2.75, 3.05) is 25.5 Å². The standard InChI is InChI=1S/C16H21N3O2S/c1-3-9-17-10-8-14-11-22-16(19-14)18-13-6-4-12(5-7-13)15(20)21-2/h4-7,11,17H,3,8-10H2,1-2H3,(H,18,19). The SMILES string of the molecule is CCCNCCc1csc(Nc2ccc(C(=O)OC)cc2)n1. The summed E-state index contributed by atoms with van der Waals surface area (Å²) in [5.41, 5.74) is 2.52. The number of ether oxygens (including phenoxy) is 1. The molecule has 6 heteroatoms. The third-order valence-corrected chi connectivity index (χ3v) is 3.90. The number of hydrogen-bond acceptors (Lipinski definition) is 6. The summed E-state index contributed by atoms with van der Waals surface area (Å²) < 4.78 is 4.68. The summed E-state index contributed by atoms with van der Waals surface area (Å²) in [6.07, 6.45) is 2.07. The van der Waals surface area contributed by atoms with Crippen LogP contribution in [-0.4, -0.2) is 31.2 Å². The lowest BCUT2D eigenvalue weighted by Gasteiger charge is -2.04. The maximum atomic E-state index is 11.4. The number of benzene rings is 1. The largest absolute Gasteiger partial charge is 0.465 e. The number of carbonyl (C=O) groups excluding carboxylic acids is 1. The van der Waals surface area contributed by atoms with E-state index in [1.165, 1.54) is 7.11 Å². The van der Waals surface area contributed by atoms with Crippen LogP contribution in [0.3, 0.4) is 0 Å². The summed E-state index contributed by atoms with van der Waals surface area (Å²) in [6.45, 7) is 4.15. The Kier molecular flexibility index (Phi) is 6.36. The molecule has 0 fully saturated rings. The van der Waals surface area contributed by atoms with Gasteiger partial charge in [0.15, 0.2) is 5.13 Å². The Hall–Kier alpha value is -1.92. The van der Waals surface area contributed by atoms with Gasteiger partial charge in [0, 0.05) is 24.0 Å². The molecule has 0 aliphatic heterocycles. The number of rotatable bonds is 8. The molecule has 0 spiro atoms. The molecule has 2 rings (SSSR count). The molecule has 22 heavy (non-hydrogen) atoms. The molecular formula is C16H21N3O2S. The molecule has 2 N–H and O–H groups in total. The predicted octanol–water partition coefficient (Wildman–Crippen LogP) is 3.22. The quantitative estimate of drug-likeness (QED) is 0.578. The highest BCUT2D eigenvalue weighted by molar-refractivity contribution is 7.13. The molecule has 0 unspecified atom stereocenters. The van der Waals surface area contributed by atoms with Gasteiger partial charge in [-0.05, 0) is 37.2 Å². The zero-order valence-electron chi connectivity index (χ0n) is 12.9. The van der Waals surface area contributed by atoms with Gasteiger partial charge in [-0.1, -0.05) is 6.92 Å². The van der Waals surface area contributed by atoms with Gasteiger partial charge in [0.25, 0.3) is 0 Å². The van der Waals surface area contributed by atoms with Gasteiger partial charge in [-0.3, -0.25) is 0 Å². The number of aromatic nitrogens is 1. The normalized spacial score (nSPS) is 10.5. The molecule has 0 saturated carbocycles. The van der Waals surface area contributed by atoms with Crippen molar-refractivity contribution in [3.8, 4) is 0 Å². The summed E-state index contributed by atoms with van der Waals surface area (Å²) >= 11 is 1.58. The maximum Gasteiger partial charge on any atom is 0.337 e. The number of methoxy groups -OCH3 is 1. The van der Waals surface area contributed by atoms with Crippen LogP contribution in [0.4, 0.5) is 10.8 Å². The molecule has 0 radical (unpaired) electrons. The first kappa shape index (κ1) is 16.5. The second-order valence-corrected chi connectivity index (χ2v) is 5.70. The minimum Gasteiger partial charge on any atom is -0.465 e. The van der Waals surface area contributed by atoms with Gasteiger partial charge in [-0.15, -0.1) is 11.3 Å². The second-order valence-electron chi connectivity index (χ2n) is 4.84. The van der Waals surface area contributed by atoms with Crippen LogP contribution < -0.4 is 10.6 Å². The van der Waals surface area contributed by atoms with Crippen LogP contribution in [-0.2, 0) is 11.2 Å². The molecule has 1 aromatic carbocycles. The molecule has 0 bridgehead atoms. The summed E-state index contributed by atoms with van der Waals surface area (Å²) in [6, 6.07) is 7.15. The summed E-state index contributed by atoms with van der Waals surface area (Å²) in [5, 5.41) is 9.54. The molecular weight excluding hydrogens is 298 g/mol. The highest BCUT2D eigenvalue weighted by Gasteiger charge is 2.06. The topological polar surface area (TPSA) is 63.2 Å². The fourth-order valence-electron chi connectivity index (χ4n) is 1.93. The Bertz CT molecular complexity index is 596. The minimum atomic E-state index is -0.331. The Balaban J connectivity index is 1.88. The number of carbonyl (C=O) groups is 1. The van der Waals surface area contributed by atoms with Gasteiger partial charge in [0.2, 0.25) is 0 Å².